The summed E-state index contributed by atoms with van der Waals surface area (Å²) in [6.45, 7) is 5.30. The number of esters is 1. The maximum Gasteiger partial charge on any atom is 0.359 e. The predicted octanol–water partition coefficient (Wildman–Crippen LogP) is 3.90. The monoisotopic (exact) mass is 412 g/mol. The largest absolute Gasteiger partial charge is 0.451 e. The lowest BCUT2D eigenvalue weighted by Crippen LogP contribution is -2.22. The Balaban J connectivity index is 1.70. The molecule has 0 saturated carbocycles. The molecule has 0 fully saturated rings. The highest BCUT2D eigenvalue weighted by Gasteiger charge is 2.18. The van der Waals surface area contributed by atoms with Crippen LogP contribution < -0.4 is 5.32 Å². The zero-order chi connectivity index (χ0) is 21.0. The number of hydrogen-bond acceptors (Lipinski definition) is 5. The number of amides is 1. The number of aryl methyl sites for hydroxylation is 3. The summed E-state index contributed by atoms with van der Waals surface area (Å²) in [6, 6.07) is 12.6. The Hall–Kier alpha value is -3.19. The third-order valence-corrected chi connectivity index (χ3v) is 4.56. The first-order valence-corrected chi connectivity index (χ1v) is 9.52. The van der Waals surface area contributed by atoms with Gasteiger partial charge >= 0.3 is 5.97 Å². The molecule has 0 spiro atoms. The van der Waals surface area contributed by atoms with Gasteiger partial charge in [-0.15, -0.1) is 0 Å². The van der Waals surface area contributed by atoms with Crippen LogP contribution in [0.1, 0.15) is 34.4 Å². The Morgan fingerprint density at radius 3 is 2.62 bits per heavy atom. The number of anilines is 1. The lowest BCUT2D eigenvalue weighted by Gasteiger charge is -2.11. The summed E-state index contributed by atoms with van der Waals surface area (Å²) in [4.78, 5) is 28.9. The van der Waals surface area contributed by atoms with Crippen molar-refractivity contribution in [1.29, 1.82) is 0 Å². The molecule has 0 saturated heterocycles. The topological polar surface area (TPSA) is 86.1 Å². The van der Waals surface area contributed by atoms with Gasteiger partial charge in [0.1, 0.15) is 0 Å². The van der Waals surface area contributed by atoms with E-state index in [2.05, 4.69) is 15.4 Å². The number of benzene rings is 1. The normalized spacial score (nSPS) is 10.6. The second kappa shape index (κ2) is 8.87. The maximum absolute atomic E-state index is 12.4. The van der Waals surface area contributed by atoms with E-state index in [9.17, 15) is 9.59 Å². The highest BCUT2D eigenvalue weighted by atomic mass is 35.5. The molecule has 29 heavy (non-hydrogen) atoms. The molecule has 2 aromatic heterocycles. The van der Waals surface area contributed by atoms with E-state index >= 15 is 0 Å². The van der Waals surface area contributed by atoms with Gasteiger partial charge < -0.3 is 10.1 Å². The Morgan fingerprint density at radius 2 is 1.93 bits per heavy atom. The molecule has 150 valence electrons. The average Bonchev–Trinajstić information content (AvgIpc) is 3.05. The molecule has 8 heteroatoms. The van der Waals surface area contributed by atoms with Crippen molar-refractivity contribution >= 4 is 29.2 Å². The van der Waals surface area contributed by atoms with E-state index < -0.39 is 18.5 Å². The van der Waals surface area contributed by atoms with Crippen LogP contribution in [0.15, 0.2) is 42.5 Å². The minimum atomic E-state index is -0.780. The zero-order valence-corrected chi connectivity index (χ0v) is 17.2. The third-order valence-electron chi connectivity index (χ3n) is 4.26. The van der Waals surface area contributed by atoms with Crippen molar-refractivity contribution in [3.8, 4) is 5.82 Å². The molecular formula is C21H21ClN4O3. The number of aromatic nitrogens is 3. The second-order valence-corrected chi connectivity index (χ2v) is 6.88. The smallest absolute Gasteiger partial charge is 0.359 e. The molecule has 1 N–H and O–H groups in total. The van der Waals surface area contributed by atoms with E-state index in [1.54, 1.807) is 22.9 Å². The van der Waals surface area contributed by atoms with Crippen molar-refractivity contribution in [2.75, 3.05) is 11.9 Å². The van der Waals surface area contributed by atoms with Crippen LogP contribution in [0, 0.1) is 13.8 Å². The standard InChI is InChI=1S/C21H21ClN4O3/c1-4-15-7-5-6-8-17(15)23-19(27)12-29-21(28)20-16(22)9-10-18(24-20)26-14(3)11-13(2)25-26/h5-11H,4,12H2,1-3H3,(H,23,27). The maximum atomic E-state index is 12.4. The van der Waals surface area contributed by atoms with Gasteiger partial charge in [-0.1, -0.05) is 36.7 Å². The molecule has 1 amide bonds. The zero-order valence-electron chi connectivity index (χ0n) is 16.4. The average molecular weight is 413 g/mol. The van der Waals surface area contributed by atoms with Crippen LogP contribution in [-0.4, -0.2) is 33.2 Å². The van der Waals surface area contributed by atoms with E-state index in [1.165, 1.54) is 0 Å². The Labute approximate surface area is 173 Å². The Morgan fingerprint density at radius 1 is 1.17 bits per heavy atom. The number of halogens is 1. The van der Waals surface area contributed by atoms with Crippen molar-refractivity contribution in [3.05, 3.63) is 70.1 Å². The number of carbonyl (C=O) groups excluding carboxylic acids is 2. The molecule has 3 rings (SSSR count). The number of ether oxygens (including phenoxy) is 1. The molecular weight excluding hydrogens is 392 g/mol. The van der Waals surface area contributed by atoms with Gasteiger partial charge in [0, 0.05) is 11.4 Å². The minimum Gasteiger partial charge on any atom is -0.451 e. The van der Waals surface area contributed by atoms with Crippen molar-refractivity contribution in [2.24, 2.45) is 0 Å². The molecule has 0 aliphatic rings. The number of pyridine rings is 1. The summed E-state index contributed by atoms with van der Waals surface area (Å²) in [5.41, 5.74) is 3.31. The van der Waals surface area contributed by atoms with Gasteiger partial charge in [-0.25, -0.2) is 14.5 Å². The van der Waals surface area contributed by atoms with Crippen LogP contribution in [0.3, 0.4) is 0 Å². The first kappa shape index (κ1) is 20.5. The fraction of sp³-hybridized carbons (Fsp3) is 0.238. The van der Waals surface area contributed by atoms with Crippen LogP contribution in [0.2, 0.25) is 5.02 Å². The minimum absolute atomic E-state index is 0.0709. The van der Waals surface area contributed by atoms with Gasteiger partial charge in [0.25, 0.3) is 5.91 Å². The van der Waals surface area contributed by atoms with E-state index in [4.69, 9.17) is 16.3 Å². The van der Waals surface area contributed by atoms with Crippen molar-refractivity contribution in [3.63, 3.8) is 0 Å². The molecule has 0 atom stereocenters. The molecule has 0 aliphatic carbocycles. The quantitative estimate of drug-likeness (QED) is 0.620. The number of nitrogens with zero attached hydrogens (tertiary/aromatic N) is 3. The molecule has 2 heterocycles. The van der Waals surface area contributed by atoms with Gasteiger partial charge in [0.15, 0.2) is 18.1 Å². The molecule has 0 bridgehead atoms. The second-order valence-electron chi connectivity index (χ2n) is 6.47. The van der Waals surface area contributed by atoms with Crippen LogP contribution in [0.4, 0.5) is 5.69 Å². The number of hydrogen-bond donors (Lipinski definition) is 1. The first-order valence-electron chi connectivity index (χ1n) is 9.14. The van der Waals surface area contributed by atoms with Gasteiger partial charge in [-0.3, -0.25) is 4.79 Å². The van der Waals surface area contributed by atoms with Gasteiger partial charge in [-0.05, 0) is 50.1 Å². The predicted molar refractivity (Wildman–Crippen MR) is 111 cm³/mol. The van der Waals surface area contributed by atoms with Crippen LogP contribution in [0.25, 0.3) is 5.82 Å². The molecule has 7 nitrogen and oxygen atoms in total. The number of para-hydroxylation sites is 1. The summed E-state index contributed by atoms with van der Waals surface area (Å²) < 4.78 is 6.72. The molecule has 0 aliphatic heterocycles. The Bertz CT molecular complexity index is 1060. The highest BCUT2D eigenvalue weighted by Crippen LogP contribution is 2.19. The summed E-state index contributed by atoms with van der Waals surface area (Å²) in [7, 11) is 0. The lowest BCUT2D eigenvalue weighted by atomic mass is 10.1. The lowest BCUT2D eigenvalue weighted by molar-refractivity contribution is -0.119. The van der Waals surface area contributed by atoms with Gasteiger partial charge in [0.2, 0.25) is 0 Å². The first-order chi connectivity index (χ1) is 13.9. The summed E-state index contributed by atoms with van der Waals surface area (Å²) >= 11 is 6.11. The number of rotatable bonds is 6. The summed E-state index contributed by atoms with van der Waals surface area (Å²) in [6.07, 6.45) is 0.773. The van der Waals surface area contributed by atoms with E-state index in [0.717, 1.165) is 23.4 Å². The molecule has 1 aromatic carbocycles. The molecule has 0 unspecified atom stereocenters. The third kappa shape index (κ3) is 4.81. The van der Waals surface area contributed by atoms with E-state index in [1.807, 2.05) is 45.0 Å². The van der Waals surface area contributed by atoms with E-state index in [0.29, 0.717) is 11.5 Å². The molecule has 0 radical (unpaired) electrons. The van der Waals surface area contributed by atoms with Crippen molar-refractivity contribution in [2.45, 2.75) is 27.2 Å². The summed E-state index contributed by atoms with van der Waals surface area (Å²) in [5.74, 6) is -0.782. The number of carbonyl (C=O) groups is 2. The van der Waals surface area contributed by atoms with Gasteiger partial charge in [0.05, 0.1) is 10.7 Å². The SMILES string of the molecule is CCc1ccccc1NC(=O)COC(=O)c1nc(-n2nc(C)cc2C)ccc1Cl. The fourth-order valence-electron chi connectivity index (χ4n) is 2.89. The Kier molecular flexibility index (Phi) is 6.29. The van der Waals surface area contributed by atoms with Crippen LogP contribution >= 0.6 is 11.6 Å². The molecule has 3 aromatic rings. The number of nitrogens with one attached hydrogen (secondary N) is 1. The summed E-state index contributed by atoms with van der Waals surface area (Å²) in [5, 5.41) is 7.23. The van der Waals surface area contributed by atoms with Gasteiger partial charge in [-0.2, -0.15) is 5.10 Å². The van der Waals surface area contributed by atoms with Crippen molar-refractivity contribution < 1.29 is 14.3 Å². The van der Waals surface area contributed by atoms with Crippen molar-refractivity contribution in [1.82, 2.24) is 14.8 Å². The van der Waals surface area contributed by atoms with E-state index in [-0.39, 0.29) is 10.7 Å². The van der Waals surface area contributed by atoms with Crippen LogP contribution in [-0.2, 0) is 16.0 Å². The highest BCUT2D eigenvalue weighted by molar-refractivity contribution is 6.33. The fourth-order valence-corrected chi connectivity index (χ4v) is 3.07. The van der Waals surface area contributed by atoms with Crippen LogP contribution in [0.5, 0.6) is 0 Å².